The number of esters is 1. The van der Waals surface area contributed by atoms with E-state index in [0.29, 0.717) is 18.5 Å². The van der Waals surface area contributed by atoms with E-state index in [9.17, 15) is 19.8 Å². The predicted molar refractivity (Wildman–Crippen MR) is 131 cm³/mol. The monoisotopic (exact) mass is 511 g/mol. The molecule has 3 heterocycles. The van der Waals surface area contributed by atoms with Crippen LogP contribution in [0.15, 0.2) is 11.2 Å². The summed E-state index contributed by atoms with van der Waals surface area (Å²) in [5, 5.41) is 24.1. The molecule has 7 atom stereocenters. The van der Waals surface area contributed by atoms with Gasteiger partial charge in [-0.25, -0.2) is 9.37 Å². The quantitative estimate of drug-likeness (QED) is 0.448. The number of ether oxygens (including phenoxy) is 2. The first-order valence-corrected chi connectivity index (χ1v) is 13.2. The highest BCUT2D eigenvalue weighted by molar-refractivity contribution is 7.09. The summed E-state index contributed by atoms with van der Waals surface area (Å²) in [6.45, 7) is 10.4. The first-order valence-electron chi connectivity index (χ1n) is 12.3. The Kier molecular flexibility index (Phi) is 8.57. The highest BCUT2D eigenvalue weighted by Crippen LogP contribution is 2.45. The molecule has 0 spiro atoms. The molecule has 0 saturated carbocycles. The Balaban J connectivity index is 1.85. The summed E-state index contributed by atoms with van der Waals surface area (Å²) < 4.78 is 26.7. The molecule has 0 aliphatic carbocycles. The van der Waals surface area contributed by atoms with E-state index in [1.165, 1.54) is 17.4 Å². The Hall–Kier alpha value is -1.68. The zero-order chi connectivity index (χ0) is 26.1. The van der Waals surface area contributed by atoms with Gasteiger partial charge >= 0.3 is 5.97 Å². The Morgan fingerprint density at radius 2 is 1.94 bits per heavy atom. The van der Waals surface area contributed by atoms with Crippen molar-refractivity contribution >= 4 is 29.2 Å². The maximum absolute atomic E-state index is 15.3. The molecule has 2 aliphatic rings. The molecule has 9 heteroatoms. The molecule has 2 fully saturated rings. The topological polar surface area (TPSA) is 109 Å². The molecule has 1 aromatic heterocycles. The lowest BCUT2D eigenvalue weighted by Crippen LogP contribution is -2.45. The van der Waals surface area contributed by atoms with Gasteiger partial charge in [-0.2, -0.15) is 0 Å². The summed E-state index contributed by atoms with van der Waals surface area (Å²) in [4.78, 5) is 30.2. The van der Waals surface area contributed by atoms with Gasteiger partial charge in [-0.3, -0.25) is 9.59 Å². The molecular weight excluding hydrogens is 473 g/mol. The molecule has 0 radical (unpaired) electrons. The molecule has 3 rings (SSSR count). The molecule has 196 valence electrons. The lowest BCUT2D eigenvalue weighted by atomic mass is 9.73. The van der Waals surface area contributed by atoms with Gasteiger partial charge in [-0.1, -0.05) is 34.1 Å². The van der Waals surface area contributed by atoms with Crippen LogP contribution >= 0.6 is 11.3 Å². The molecular formula is C26H38FNO6S. The Morgan fingerprint density at radius 3 is 2.57 bits per heavy atom. The zero-order valence-electron chi connectivity index (χ0n) is 21.4. The van der Waals surface area contributed by atoms with Crippen molar-refractivity contribution in [1.29, 1.82) is 0 Å². The lowest BCUT2D eigenvalue weighted by Gasteiger charge is -2.34. The number of aryl methyl sites for hydroxylation is 1. The smallest absolute Gasteiger partial charge is 0.309 e. The van der Waals surface area contributed by atoms with Gasteiger partial charge < -0.3 is 19.7 Å². The van der Waals surface area contributed by atoms with Crippen LogP contribution in [-0.2, 0) is 19.1 Å². The summed E-state index contributed by atoms with van der Waals surface area (Å²) in [6.07, 6.45) is -0.593. The minimum atomic E-state index is -1.35. The lowest BCUT2D eigenvalue weighted by molar-refractivity contribution is -0.155. The number of hydrogen-bond donors (Lipinski definition) is 2. The number of ketones is 1. The third kappa shape index (κ3) is 6.56. The third-order valence-electron chi connectivity index (χ3n) is 7.64. The number of nitrogens with zero attached hydrogens (tertiary/aromatic N) is 1. The molecule has 2 N–H and O–H groups in total. The summed E-state index contributed by atoms with van der Waals surface area (Å²) >= 11 is 1.39. The van der Waals surface area contributed by atoms with E-state index < -0.39 is 53.5 Å². The molecule has 0 bridgehead atoms. The van der Waals surface area contributed by atoms with Gasteiger partial charge in [0.25, 0.3) is 0 Å². The van der Waals surface area contributed by atoms with Crippen molar-refractivity contribution in [2.75, 3.05) is 0 Å². The Labute approximate surface area is 210 Å². The van der Waals surface area contributed by atoms with Crippen molar-refractivity contribution in [3.8, 4) is 0 Å². The largest absolute Gasteiger partial charge is 0.455 e. The van der Waals surface area contributed by atoms with Crippen LogP contribution in [0.1, 0.15) is 77.4 Å². The standard InChI is InChI=1S/C26H38FNO6S/c1-14-8-7-9-26(6)21(34-26)11-19(18(27)10-17-13-35-16(3)28-17)33-22(30)12-20(29)25(4,5)24(32)15(2)23(14)31/h10,13-15,19-21,23,29,31H,7-9,11-12H2,1-6H3/b18-10-/t14-,15+,19?,20-,21+,23-,26+/m0/s1. The summed E-state index contributed by atoms with van der Waals surface area (Å²) in [6, 6.07) is 0. The maximum atomic E-state index is 15.3. The Bertz CT molecular complexity index is 961. The fourth-order valence-electron chi connectivity index (χ4n) is 4.86. The number of rotatable bonds is 2. The minimum Gasteiger partial charge on any atom is -0.455 e. The van der Waals surface area contributed by atoms with Gasteiger partial charge in [0, 0.05) is 17.7 Å². The van der Waals surface area contributed by atoms with Crippen LogP contribution in [0.3, 0.4) is 0 Å². The first kappa shape index (κ1) is 27.9. The average Bonchev–Trinajstić information content (AvgIpc) is 3.22. The average molecular weight is 512 g/mol. The third-order valence-corrected chi connectivity index (χ3v) is 8.43. The number of epoxide rings is 1. The van der Waals surface area contributed by atoms with Gasteiger partial charge in [0.2, 0.25) is 0 Å². The molecule has 0 aromatic carbocycles. The van der Waals surface area contributed by atoms with Crippen molar-refractivity contribution in [2.24, 2.45) is 17.3 Å². The van der Waals surface area contributed by atoms with E-state index in [-0.39, 0.29) is 24.2 Å². The van der Waals surface area contributed by atoms with Crippen molar-refractivity contribution in [1.82, 2.24) is 4.98 Å². The number of cyclic esters (lactones) is 1. The van der Waals surface area contributed by atoms with E-state index in [1.54, 1.807) is 26.2 Å². The van der Waals surface area contributed by atoms with Crippen LogP contribution < -0.4 is 0 Å². The van der Waals surface area contributed by atoms with Crippen molar-refractivity contribution in [2.45, 2.75) is 104 Å². The number of carbonyl (C=O) groups excluding carboxylic acids is 2. The molecule has 2 saturated heterocycles. The number of Topliss-reactive ketones (excluding diaryl/α,β-unsaturated/α-hetero) is 1. The number of halogens is 1. The van der Waals surface area contributed by atoms with Gasteiger partial charge in [0.15, 0.2) is 6.10 Å². The normalized spacial score (nSPS) is 37.5. The fraction of sp³-hybridized carbons (Fsp3) is 0.731. The highest BCUT2D eigenvalue weighted by Gasteiger charge is 2.53. The van der Waals surface area contributed by atoms with Crippen LogP contribution in [0, 0.1) is 24.2 Å². The second-order valence-electron chi connectivity index (χ2n) is 10.9. The summed E-state index contributed by atoms with van der Waals surface area (Å²) in [5.74, 6) is -2.62. The summed E-state index contributed by atoms with van der Waals surface area (Å²) in [7, 11) is 0. The number of aromatic nitrogens is 1. The van der Waals surface area contributed by atoms with Crippen LogP contribution in [0.2, 0.25) is 0 Å². The number of fused-ring (bicyclic) bond motifs is 1. The number of thiazole rings is 1. The van der Waals surface area contributed by atoms with Gasteiger partial charge in [-0.15, -0.1) is 11.3 Å². The van der Waals surface area contributed by atoms with Crippen molar-refractivity contribution in [3.63, 3.8) is 0 Å². The predicted octanol–water partition coefficient (Wildman–Crippen LogP) is 4.38. The van der Waals surface area contributed by atoms with E-state index in [0.717, 1.165) is 11.4 Å². The van der Waals surface area contributed by atoms with Crippen LogP contribution in [-0.4, -0.2) is 57.0 Å². The van der Waals surface area contributed by atoms with Gasteiger partial charge in [0.1, 0.15) is 11.6 Å². The van der Waals surface area contributed by atoms with Crippen molar-refractivity contribution in [3.05, 3.63) is 21.9 Å². The van der Waals surface area contributed by atoms with Gasteiger partial charge in [-0.05, 0) is 38.7 Å². The van der Waals surface area contributed by atoms with E-state index in [4.69, 9.17) is 9.47 Å². The number of aliphatic hydroxyl groups is 2. The molecule has 1 aromatic rings. The van der Waals surface area contributed by atoms with Crippen LogP contribution in [0.4, 0.5) is 4.39 Å². The van der Waals surface area contributed by atoms with E-state index in [2.05, 4.69) is 4.98 Å². The summed E-state index contributed by atoms with van der Waals surface area (Å²) in [5.41, 5.74) is -1.32. The molecule has 35 heavy (non-hydrogen) atoms. The zero-order valence-corrected chi connectivity index (χ0v) is 22.2. The SMILES string of the molecule is Cc1nc(/C=C(\F)C2C[C@H]3O[C@]3(C)CCC[C@H](C)[C@H](O)[C@@H](C)C(=O)C(C)(C)[C@@H](O)CC(=O)O2)cs1. The van der Waals surface area contributed by atoms with E-state index in [1.807, 2.05) is 20.8 Å². The number of hydrogen-bond acceptors (Lipinski definition) is 8. The molecule has 0 amide bonds. The van der Waals surface area contributed by atoms with Gasteiger partial charge in [0.05, 0.1) is 46.5 Å². The second-order valence-corrected chi connectivity index (χ2v) is 12.0. The first-order chi connectivity index (χ1) is 16.2. The number of aliphatic hydroxyl groups excluding tert-OH is 2. The van der Waals surface area contributed by atoms with E-state index >= 15 is 4.39 Å². The second kappa shape index (κ2) is 10.7. The molecule has 2 aliphatic heterocycles. The molecule has 1 unspecified atom stereocenters. The van der Waals surface area contributed by atoms with Crippen LogP contribution in [0.25, 0.3) is 6.08 Å². The van der Waals surface area contributed by atoms with Crippen LogP contribution in [0.5, 0.6) is 0 Å². The number of carbonyl (C=O) groups is 2. The fourth-order valence-corrected chi connectivity index (χ4v) is 5.44. The Morgan fingerprint density at radius 1 is 1.26 bits per heavy atom. The maximum Gasteiger partial charge on any atom is 0.309 e. The molecule has 7 nitrogen and oxygen atoms in total. The highest BCUT2D eigenvalue weighted by atomic mass is 32.1. The van der Waals surface area contributed by atoms with Crippen molar-refractivity contribution < 1.29 is 33.7 Å². The minimum absolute atomic E-state index is 0.129.